The van der Waals surface area contributed by atoms with Crippen molar-refractivity contribution in [2.45, 2.75) is 45.8 Å². The van der Waals surface area contributed by atoms with Gasteiger partial charge in [-0.2, -0.15) is 0 Å². The summed E-state index contributed by atoms with van der Waals surface area (Å²) in [6, 6.07) is -0.687. The molecule has 0 aromatic heterocycles. The van der Waals surface area contributed by atoms with E-state index in [1.165, 1.54) is 12.0 Å². The number of rotatable bonds is 5. The molecule has 0 radical (unpaired) electrons. The monoisotopic (exact) mass is 279 g/mol. The predicted octanol–water partition coefficient (Wildman–Crippen LogP) is 2.41. The average Bonchev–Trinajstić information content (AvgIpc) is 2.25. The van der Waals surface area contributed by atoms with Crippen LogP contribution in [0.5, 0.6) is 0 Å². The fourth-order valence-corrected chi connectivity index (χ4v) is 1.41. The summed E-state index contributed by atoms with van der Waals surface area (Å²) in [6.45, 7) is 7.27. The molecule has 0 rings (SSSR count). The van der Waals surface area contributed by atoms with Crippen molar-refractivity contribution in [3.8, 4) is 0 Å². The number of hydrogen-bond acceptors (Lipinski definition) is 4. The van der Waals surface area contributed by atoms with Gasteiger partial charge in [0, 0.05) is 12.4 Å². The minimum absolute atomic E-state index is 0.356. The first-order valence-corrected chi connectivity index (χ1v) is 6.39. The highest BCUT2D eigenvalue weighted by Crippen LogP contribution is 2.13. The molecule has 0 N–H and O–H groups in total. The first-order valence-electron chi connectivity index (χ1n) is 5.86. The summed E-state index contributed by atoms with van der Waals surface area (Å²) in [5, 5.41) is 0. The summed E-state index contributed by atoms with van der Waals surface area (Å²) in [6.07, 6.45) is 0.0489. The number of esters is 1. The molecule has 1 atom stereocenters. The molecule has 5 nitrogen and oxygen atoms in total. The molecule has 0 spiro atoms. The van der Waals surface area contributed by atoms with Gasteiger partial charge in [-0.1, -0.05) is 0 Å². The first kappa shape index (κ1) is 17.0. The quantitative estimate of drug-likeness (QED) is 0.573. The summed E-state index contributed by atoms with van der Waals surface area (Å²) >= 11 is 5.61. The SMILES string of the molecule is COC(=O)[C@H](C)N(CCCCl)C(=O)OC(C)(C)C. The molecule has 0 saturated heterocycles. The third-order valence-corrected chi connectivity index (χ3v) is 2.44. The van der Waals surface area contributed by atoms with Gasteiger partial charge >= 0.3 is 12.1 Å². The lowest BCUT2D eigenvalue weighted by molar-refractivity contribution is -0.146. The molecule has 0 fully saturated rings. The van der Waals surface area contributed by atoms with Gasteiger partial charge in [-0.3, -0.25) is 4.90 Å². The maximum Gasteiger partial charge on any atom is 0.411 e. The number of carbonyl (C=O) groups is 2. The number of ether oxygens (including phenoxy) is 2. The van der Waals surface area contributed by atoms with Crippen LogP contribution in [0.1, 0.15) is 34.1 Å². The van der Waals surface area contributed by atoms with E-state index in [-0.39, 0.29) is 0 Å². The van der Waals surface area contributed by atoms with Crippen molar-refractivity contribution < 1.29 is 19.1 Å². The van der Waals surface area contributed by atoms with Gasteiger partial charge in [0.1, 0.15) is 11.6 Å². The van der Waals surface area contributed by atoms with Crippen LogP contribution in [0.2, 0.25) is 0 Å². The van der Waals surface area contributed by atoms with Crippen molar-refractivity contribution >= 4 is 23.7 Å². The van der Waals surface area contributed by atoms with Gasteiger partial charge in [-0.15, -0.1) is 11.6 Å². The Bertz CT molecular complexity index is 288. The first-order chi connectivity index (χ1) is 8.22. The highest BCUT2D eigenvalue weighted by atomic mass is 35.5. The largest absolute Gasteiger partial charge is 0.467 e. The van der Waals surface area contributed by atoms with Gasteiger partial charge in [0.05, 0.1) is 7.11 Å². The van der Waals surface area contributed by atoms with E-state index in [0.29, 0.717) is 18.8 Å². The van der Waals surface area contributed by atoms with Crippen LogP contribution in [0.25, 0.3) is 0 Å². The zero-order valence-electron chi connectivity index (χ0n) is 11.7. The van der Waals surface area contributed by atoms with Gasteiger partial charge in [-0.05, 0) is 34.1 Å². The number of halogens is 1. The minimum Gasteiger partial charge on any atom is -0.467 e. The highest BCUT2D eigenvalue weighted by Gasteiger charge is 2.29. The molecule has 0 aliphatic carbocycles. The Hall–Kier alpha value is -0.970. The van der Waals surface area contributed by atoms with E-state index in [1.54, 1.807) is 27.7 Å². The minimum atomic E-state index is -0.687. The lowest BCUT2D eigenvalue weighted by Crippen LogP contribution is -2.46. The van der Waals surface area contributed by atoms with Gasteiger partial charge < -0.3 is 9.47 Å². The zero-order valence-corrected chi connectivity index (χ0v) is 12.4. The Morgan fingerprint density at radius 3 is 2.28 bits per heavy atom. The van der Waals surface area contributed by atoms with Gasteiger partial charge in [0.2, 0.25) is 0 Å². The van der Waals surface area contributed by atoms with Crippen LogP contribution in [0, 0.1) is 0 Å². The molecule has 18 heavy (non-hydrogen) atoms. The normalized spacial score (nSPS) is 12.8. The highest BCUT2D eigenvalue weighted by molar-refractivity contribution is 6.17. The van der Waals surface area contributed by atoms with E-state index in [0.717, 1.165) is 0 Å². The maximum absolute atomic E-state index is 12.0. The average molecular weight is 280 g/mol. The van der Waals surface area contributed by atoms with E-state index in [9.17, 15) is 9.59 Å². The lowest BCUT2D eigenvalue weighted by Gasteiger charge is -2.30. The number of nitrogens with zero attached hydrogens (tertiary/aromatic N) is 1. The second-order valence-electron chi connectivity index (χ2n) is 4.92. The molecular formula is C12H22ClNO4. The summed E-state index contributed by atoms with van der Waals surface area (Å²) < 4.78 is 9.88. The van der Waals surface area contributed by atoms with Crippen molar-refractivity contribution in [1.29, 1.82) is 0 Å². The molecule has 0 aromatic rings. The summed E-state index contributed by atoms with van der Waals surface area (Å²) in [5.41, 5.74) is -0.605. The third-order valence-electron chi connectivity index (χ3n) is 2.17. The molecule has 0 heterocycles. The Balaban J connectivity index is 4.76. The number of hydrogen-bond donors (Lipinski definition) is 0. The molecule has 0 unspecified atom stereocenters. The van der Waals surface area contributed by atoms with E-state index < -0.39 is 23.7 Å². The predicted molar refractivity (Wildman–Crippen MR) is 69.8 cm³/mol. The van der Waals surface area contributed by atoms with E-state index >= 15 is 0 Å². The molecule has 0 saturated carbocycles. The van der Waals surface area contributed by atoms with Gasteiger partial charge in [-0.25, -0.2) is 9.59 Å². The number of amides is 1. The molecule has 0 aliphatic heterocycles. The lowest BCUT2D eigenvalue weighted by atomic mass is 10.2. The summed E-state index contributed by atoms with van der Waals surface area (Å²) in [4.78, 5) is 24.8. The van der Waals surface area contributed by atoms with Crippen LogP contribution >= 0.6 is 11.6 Å². The van der Waals surface area contributed by atoms with Crippen LogP contribution in [-0.2, 0) is 14.3 Å². The molecule has 0 aliphatic rings. The Labute approximate surface area is 113 Å². The van der Waals surface area contributed by atoms with E-state index in [4.69, 9.17) is 16.3 Å². The molecule has 0 bridgehead atoms. The van der Waals surface area contributed by atoms with Crippen molar-refractivity contribution in [2.24, 2.45) is 0 Å². The second kappa shape index (κ2) is 7.46. The summed E-state index contributed by atoms with van der Waals surface area (Å²) in [5.74, 6) is -0.0665. The van der Waals surface area contributed by atoms with Crippen LogP contribution in [0.15, 0.2) is 0 Å². The van der Waals surface area contributed by atoms with E-state index in [1.807, 2.05) is 0 Å². The van der Waals surface area contributed by atoms with Gasteiger partial charge in [0.25, 0.3) is 0 Å². The van der Waals surface area contributed by atoms with Crippen molar-refractivity contribution in [3.05, 3.63) is 0 Å². The topological polar surface area (TPSA) is 55.8 Å². The van der Waals surface area contributed by atoms with Crippen LogP contribution < -0.4 is 0 Å². The molecular weight excluding hydrogens is 258 g/mol. The third kappa shape index (κ3) is 6.10. The zero-order chi connectivity index (χ0) is 14.3. The van der Waals surface area contributed by atoms with Crippen molar-refractivity contribution in [3.63, 3.8) is 0 Å². The summed E-state index contributed by atoms with van der Waals surface area (Å²) in [7, 11) is 1.29. The fraction of sp³-hybridized carbons (Fsp3) is 0.833. The van der Waals surface area contributed by atoms with Crippen LogP contribution in [-0.4, -0.2) is 48.1 Å². The Kier molecular flexibility index (Phi) is 7.06. The standard InChI is InChI=1S/C12H22ClNO4/c1-9(10(15)17-5)14(8-6-7-13)11(16)18-12(2,3)4/h9H,6-8H2,1-5H3/t9-/m0/s1. The van der Waals surface area contributed by atoms with Crippen LogP contribution in [0.3, 0.4) is 0 Å². The molecule has 106 valence electrons. The van der Waals surface area contributed by atoms with E-state index in [2.05, 4.69) is 4.74 Å². The van der Waals surface area contributed by atoms with Crippen molar-refractivity contribution in [2.75, 3.05) is 19.5 Å². The van der Waals surface area contributed by atoms with Crippen molar-refractivity contribution in [1.82, 2.24) is 4.90 Å². The molecule has 6 heteroatoms. The number of methoxy groups -OCH3 is 1. The van der Waals surface area contributed by atoms with Crippen LogP contribution in [0.4, 0.5) is 4.79 Å². The Morgan fingerprint density at radius 1 is 1.33 bits per heavy atom. The Morgan fingerprint density at radius 2 is 1.89 bits per heavy atom. The fourth-order valence-electron chi connectivity index (χ4n) is 1.29. The molecule has 0 aromatic carbocycles. The molecule has 1 amide bonds. The smallest absolute Gasteiger partial charge is 0.411 e. The van der Waals surface area contributed by atoms with Gasteiger partial charge in [0.15, 0.2) is 0 Å². The number of alkyl halides is 1. The second-order valence-corrected chi connectivity index (χ2v) is 5.29. The number of carbonyl (C=O) groups excluding carboxylic acids is 2. The maximum atomic E-state index is 12.0.